The van der Waals surface area contributed by atoms with Crippen LogP contribution in [0, 0.1) is 0 Å². The molecule has 12 rings (SSSR count). The fraction of sp³-hybridized carbons (Fsp3) is 0. The zero-order chi connectivity index (χ0) is 37.5. The average molecular weight is 734 g/mol. The molecule has 0 N–H and O–H groups in total. The van der Waals surface area contributed by atoms with E-state index in [2.05, 4.69) is 24.3 Å². The van der Waals surface area contributed by atoms with E-state index in [1.54, 1.807) is 0 Å². The van der Waals surface area contributed by atoms with Crippen molar-refractivity contribution in [2.45, 2.75) is 0 Å². The predicted octanol–water partition coefficient (Wildman–Crippen LogP) is 12.7. The smallest absolute Gasteiger partial charge is 0.180 e. The van der Waals surface area contributed by atoms with E-state index in [1.807, 2.05) is 140 Å². The van der Waals surface area contributed by atoms with Gasteiger partial charge in [-0.2, -0.15) is 0 Å². The van der Waals surface area contributed by atoms with Crippen molar-refractivity contribution in [3.05, 3.63) is 164 Å². The molecule has 0 bridgehead atoms. The van der Waals surface area contributed by atoms with E-state index in [9.17, 15) is 0 Å². The molecule has 266 valence electrons. The summed E-state index contributed by atoms with van der Waals surface area (Å²) in [5.74, 6) is 2.24. The van der Waals surface area contributed by atoms with Crippen LogP contribution in [0.25, 0.3) is 123 Å². The third-order valence-electron chi connectivity index (χ3n) is 10.6. The Labute approximate surface area is 323 Å². The van der Waals surface area contributed by atoms with E-state index < -0.39 is 0 Å². The van der Waals surface area contributed by atoms with E-state index in [-0.39, 0.29) is 0 Å². The summed E-state index contributed by atoms with van der Waals surface area (Å²) in [4.78, 5) is 25.4. The van der Waals surface area contributed by atoms with Crippen molar-refractivity contribution in [2.24, 2.45) is 0 Å². The van der Waals surface area contributed by atoms with Crippen LogP contribution in [0.3, 0.4) is 0 Å². The Bertz CT molecular complexity index is 3480. The van der Waals surface area contributed by atoms with E-state index in [0.29, 0.717) is 45.7 Å². The highest BCUT2D eigenvalue weighted by Gasteiger charge is 2.23. The quantitative estimate of drug-likeness (QED) is 0.172. The lowest BCUT2D eigenvalue weighted by molar-refractivity contribution is 0.665. The van der Waals surface area contributed by atoms with Gasteiger partial charge in [-0.1, -0.05) is 121 Å². The van der Waals surface area contributed by atoms with Gasteiger partial charge >= 0.3 is 0 Å². The van der Waals surface area contributed by atoms with Crippen molar-refractivity contribution in [3.8, 4) is 56.8 Å². The first-order valence-corrected chi connectivity index (χ1v) is 18.7. The van der Waals surface area contributed by atoms with Crippen LogP contribution in [-0.2, 0) is 0 Å². The van der Waals surface area contributed by atoms with Gasteiger partial charge in [0.1, 0.15) is 39.1 Å². The zero-order valence-corrected chi connectivity index (χ0v) is 30.0. The van der Waals surface area contributed by atoms with Crippen molar-refractivity contribution in [3.63, 3.8) is 0 Å². The van der Waals surface area contributed by atoms with Gasteiger partial charge in [-0.3, -0.25) is 0 Å². The first-order valence-electron chi connectivity index (χ1n) is 18.7. The van der Waals surface area contributed by atoms with Gasteiger partial charge in [-0.05, 0) is 42.5 Å². The fourth-order valence-corrected chi connectivity index (χ4v) is 7.92. The lowest BCUT2D eigenvalue weighted by atomic mass is 10.0. The topological polar surface area (TPSA) is 104 Å². The lowest BCUT2D eigenvalue weighted by Gasteiger charge is -2.09. The summed E-state index contributed by atoms with van der Waals surface area (Å²) in [5.41, 5.74) is 9.92. The Morgan fingerprint density at radius 3 is 1.65 bits per heavy atom. The Morgan fingerprint density at radius 2 is 0.877 bits per heavy atom. The zero-order valence-electron chi connectivity index (χ0n) is 30.0. The van der Waals surface area contributed by atoms with Crippen LogP contribution < -0.4 is 0 Å². The molecule has 12 aromatic rings. The number of furan rings is 3. The van der Waals surface area contributed by atoms with Crippen molar-refractivity contribution in [1.82, 2.24) is 24.9 Å². The summed E-state index contributed by atoms with van der Waals surface area (Å²) in [5, 5.41) is 4.80. The summed E-state index contributed by atoms with van der Waals surface area (Å²) >= 11 is 0. The summed E-state index contributed by atoms with van der Waals surface area (Å²) < 4.78 is 19.5. The van der Waals surface area contributed by atoms with Crippen molar-refractivity contribution in [1.29, 1.82) is 0 Å². The summed E-state index contributed by atoms with van der Waals surface area (Å²) in [6, 6.07) is 54.2. The molecule has 0 amide bonds. The minimum atomic E-state index is 0.512. The van der Waals surface area contributed by atoms with Crippen molar-refractivity contribution >= 4 is 65.9 Å². The van der Waals surface area contributed by atoms with E-state index in [1.165, 1.54) is 0 Å². The summed E-state index contributed by atoms with van der Waals surface area (Å²) in [7, 11) is 0. The molecule has 5 aromatic heterocycles. The largest absolute Gasteiger partial charge is 0.456 e. The maximum absolute atomic E-state index is 6.76. The second-order valence-electron chi connectivity index (χ2n) is 14.0. The van der Waals surface area contributed by atoms with Crippen molar-refractivity contribution in [2.75, 3.05) is 0 Å². The molecule has 8 nitrogen and oxygen atoms in total. The molecule has 0 aliphatic rings. The Balaban J connectivity index is 1.08. The monoisotopic (exact) mass is 733 g/mol. The summed E-state index contributed by atoms with van der Waals surface area (Å²) in [6.45, 7) is 0. The third-order valence-corrected chi connectivity index (χ3v) is 10.6. The molecule has 57 heavy (non-hydrogen) atoms. The maximum atomic E-state index is 6.76. The van der Waals surface area contributed by atoms with Gasteiger partial charge in [0.15, 0.2) is 28.9 Å². The van der Waals surface area contributed by atoms with Gasteiger partial charge < -0.3 is 13.3 Å². The number of aromatic nitrogens is 5. The second kappa shape index (κ2) is 12.3. The summed E-state index contributed by atoms with van der Waals surface area (Å²) in [6.07, 6.45) is 0. The number of para-hydroxylation sites is 3. The number of nitrogens with zero attached hydrogens (tertiary/aromatic N) is 5. The number of benzene rings is 7. The van der Waals surface area contributed by atoms with Crippen LogP contribution in [-0.4, -0.2) is 24.9 Å². The van der Waals surface area contributed by atoms with Crippen LogP contribution in [0.15, 0.2) is 177 Å². The van der Waals surface area contributed by atoms with Crippen molar-refractivity contribution < 1.29 is 13.3 Å². The van der Waals surface area contributed by atoms with Crippen LogP contribution in [0.5, 0.6) is 0 Å². The third kappa shape index (κ3) is 4.97. The van der Waals surface area contributed by atoms with Crippen LogP contribution in [0.4, 0.5) is 0 Å². The van der Waals surface area contributed by atoms with Gasteiger partial charge in [0.05, 0.1) is 5.56 Å². The molecule has 0 radical (unpaired) electrons. The van der Waals surface area contributed by atoms with Gasteiger partial charge in [0.2, 0.25) is 0 Å². The molecule has 0 saturated carbocycles. The Kier molecular flexibility index (Phi) is 6.76. The molecule has 0 spiro atoms. The second-order valence-corrected chi connectivity index (χ2v) is 14.0. The molecule has 0 aliphatic carbocycles. The first kappa shape index (κ1) is 31.4. The molecule has 0 fully saturated rings. The van der Waals surface area contributed by atoms with Gasteiger partial charge in [0, 0.05) is 49.2 Å². The molecular formula is C49H27N5O3. The molecule has 0 atom stereocenters. The Morgan fingerprint density at radius 1 is 0.316 bits per heavy atom. The van der Waals surface area contributed by atoms with Crippen LogP contribution in [0.1, 0.15) is 0 Å². The Hall–Kier alpha value is -7.97. The van der Waals surface area contributed by atoms with Gasteiger partial charge in [-0.15, -0.1) is 0 Å². The normalized spacial score (nSPS) is 11.9. The van der Waals surface area contributed by atoms with Crippen LogP contribution in [0.2, 0.25) is 0 Å². The minimum absolute atomic E-state index is 0.512. The molecule has 0 saturated heterocycles. The highest BCUT2D eigenvalue weighted by Crippen LogP contribution is 2.42. The van der Waals surface area contributed by atoms with E-state index >= 15 is 0 Å². The predicted molar refractivity (Wildman–Crippen MR) is 224 cm³/mol. The molecule has 5 heterocycles. The lowest BCUT2D eigenvalue weighted by Crippen LogP contribution is -2.00. The maximum Gasteiger partial charge on any atom is 0.180 e. The standard InChI is InChI=1S/C49H27N5O3/c1-3-13-28(14-4-1)46-52-47(29-15-5-2-6-16-29)54-48(53-46)35-20-12-24-39-41(35)34-19-11-21-36(44(34)57-39)49-50-42(45-43(51-49)33-18-8-10-23-38(33)56-45)30-25-26-32-31-17-7-9-22-37(31)55-40(32)27-30/h1-27H. The highest BCUT2D eigenvalue weighted by atomic mass is 16.3. The average Bonchev–Trinajstić information content (AvgIpc) is 3.97. The number of hydrogen-bond donors (Lipinski definition) is 0. The minimum Gasteiger partial charge on any atom is -0.456 e. The van der Waals surface area contributed by atoms with E-state index in [4.69, 9.17) is 38.2 Å². The number of hydrogen-bond acceptors (Lipinski definition) is 8. The molecule has 8 heteroatoms. The molecule has 0 aliphatic heterocycles. The number of fused-ring (bicyclic) bond motifs is 9. The fourth-order valence-electron chi connectivity index (χ4n) is 7.92. The molecule has 7 aromatic carbocycles. The van der Waals surface area contributed by atoms with Crippen LogP contribution >= 0.6 is 0 Å². The van der Waals surface area contributed by atoms with E-state index in [0.717, 1.165) is 77.0 Å². The van der Waals surface area contributed by atoms with Gasteiger partial charge in [-0.25, -0.2) is 24.9 Å². The first-order chi connectivity index (χ1) is 28.2. The van der Waals surface area contributed by atoms with Gasteiger partial charge in [0.25, 0.3) is 0 Å². The molecular weight excluding hydrogens is 707 g/mol. The SMILES string of the molecule is c1ccc(-c2nc(-c3ccccc3)nc(-c3cccc4oc5c(-c6nc(-c7ccc8c(c7)oc7ccccc78)c7oc8ccccc8c7n6)cccc5c34)n2)cc1. The molecule has 0 unspecified atom stereocenters. The highest BCUT2D eigenvalue weighted by molar-refractivity contribution is 6.15. The number of rotatable bonds is 5.